The number of nitrogen functional groups attached to an aromatic ring is 1. The second-order valence-corrected chi connectivity index (χ2v) is 5.06. The molecule has 1 fully saturated rings. The van der Waals surface area contributed by atoms with Gasteiger partial charge in [0, 0.05) is 24.7 Å². The van der Waals surface area contributed by atoms with Crippen LogP contribution in [0.1, 0.15) is 18.4 Å². The van der Waals surface area contributed by atoms with Crippen LogP contribution in [-0.2, 0) is 11.2 Å². The molecular weight excluding hydrogens is 226 g/mol. The second kappa shape index (κ2) is 5.87. The molecule has 98 valence electrons. The Balaban J connectivity index is 1.73. The largest absolute Gasteiger partial charge is 0.399 e. The summed E-state index contributed by atoms with van der Waals surface area (Å²) in [5.74, 6) is 0.145. The Labute approximate surface area is 108 Å². The molecule has 0 aromatic heterocycles. The maximum atomic E-state index is 11.8. The number of nitrogens with two attached hydrogens (primary N) is 1. The third kappa shape index (κ3) is 3.74. The highest BCUT2D eigenvalue weighted by atomic mass is 16.1. The van der Waals surface area contributed by atoms with Gasteiger partial charge in [0.2, 0.25) is 5.91 Å². The molecule has 1 atom stereocenters. The SMILES string of the molecule is CN1CCC(NC(=O)CCc2ccc(N)cc2)C1. The zero-order chi connectivity index (χ0) is 13.0. The Hall–Kier alpha value is -1.55. The molecule has 1 saturated heterocycles. The lowest BCUT2D eigenvalue weighted by atomic mass is 10.1. The maximum absolute atomic E-state index is 11.8. The molecule has 0 radical (unpaired) electrons. The van der Waals surface area contributed by atoms with Gasteiger partial charge in [0.15, 0.2) is 0 Å². The Morgan fingerprint density at radius 2 is 2.17 bits per heavy atom. The number of benzene rings is 1. The van der Waals surface area contributed by atoms with Crippen LogP contribution >= 0.6 is 0 Å². The number of nitrogens with one attached hydrogen (secondary N) is 1. The van der Waals surface area contributed by atoms with Gasteiger partial charge in [0.1, 0.15) is 0 Å². The summed E-state index contributed by atoms with van der Waals surface area (Å²) in [6.07, 6.45) is 2.38. The van der Waals surface area contributed by atoms with Crippen molar-refractivity contribution in [1.29, 1.82) is 0 Å². The fourth-order valence-corrected chi connectivity index (χ4v) is 2.29. The molecule has 4 nitrogen and oxygen atoms in total. The van der Waals surface area contributed by atoms with Crippen molar-refractivity contribution < 1.29 is 4.79 Å². The summed E-state index contributed by atoms with van der Waals surface area (Å²) >= 11 is 0. The smallest absolute Gasteiger partial charge is 0.220 e. The lowest BCUT2D eigenvalue weighted by Gasteiger charge is -2.12. The van der Waals surface area contributed by atoms with Gasteiger partial charge in [-0.15, -0.1) is 0 Å². The Morgan fingerprint density at radius 3 is 2.78 bits per heavy atom. The van der Waals surface area contributed by atoms with Crippen molar-refractivity contribution in [1.82, 2.24) is 10.2 Å². The number of carbonyl (C=O) groups excluding carboxylic acids is 1. The molecule has 3 N–H and O–H groups in total. The minimum Gasteiger partial charge on any atom is -0.399 e. The molecule has 4 heteroatoms. The molecule has 0 bridgehead atoms. The summed E-state index contributed by atoms with van der Waals surface area (Å²) < 4.78 is 0. The van der Waals surface area contributed by atoms with E-state index in [4.69, 9.17) is 5.73 Å². The number of hydrogen-bond donors (Lipinski definition) is 2. The molecule has 0 spiro atoms. The minimum absolute atomic E-state index is 0.145. The first-order valence-corrected chi connectivity index (χ1v) is 6.46. The van der Waals surface area contributed by atoms with E-state index >= 15 is 0 Å². The number of likely N-dealkylation sites (tertiary alicyclic amines) is 1. The van der Waals surface area contributed by atoms with E-state index in [-0.39, 0.29) is 5.91 Å². The number of rotatable bonds is 4. The van der Waals surface area contributed by atoms with E-state index in [1.165, 1.54) is 0 Å². The number of aryl methyl sites for hydroxylation is 1. The van der Waals surface area contributed by atoms with Gasteiger partial charge in [-0.1, -0.05) is 12.1 Å². The summed E-state index contributed by atoms with van der Waals surface area (Å²) in [7, 11) is 2.08. The van der Waals surface area contributed by atoms with Crippen molar-refractivity contribution >= 4 is 11.6 Å². The molecule has 1 heterocycles. The van der Waals surface area contributed by atoms with Crippen molar-refractivity contribution in [2.24, 2.45) is 0 Å². The third-order valence-corrected chi connectivity index (χ3v) is 3.38. The van der Waals surface area contributed by atoms with Crippen LogP contribution in [0.15, 0.2) is 24.3 Å². The standard InChI is InChI=1S/C14H21N3O/c1-17-9-8-13(10-17)16-14(18)7-4-11-2-5-12(15)6-3-11/h2-3,5-6,13H,4,7-10,15H2,1H3,(H,16,18). The molecule has 1 amide bonds. The van der Waals surface area contributed by atoms with E-state index in [2.05, 4.69) is 17.3 Å². The number of nitrogens with zero attached hydrogens (tertiary/aromatic N) is 1. The van der Waals surface area contributed by atoms with Gasteiger partial charge >= 0.3 is 0 Å². The highest BCUT2D eigenvalue weighted by Gasteiger charge is 2.20. The van der Waals surface area contributed by atoms with E-state index in [9.17, 15) is 4.79 Å². The summed E-state index contributed by atoms with van der Waals surface area (Å²) in [5, 5.41) is 3.09. The fourth-order valence-electron chi connectivity index (χ4n) is 2.29. The van der Waals surface area contributed by atoms with Crippen LogP contribution in [0, 0.1) is 0 Å². The van der Waals surface area contributed by atoms with E-state index in [0.717, 1.165) is 37.2 Å². The van der Waals surface area contributed by atoms with E-state index in [0.29, 0.717) is 12.5 Å². The molecule has 1 aromatic rings. The van der Waals surface area contributed by atoms with Crippen LogP contribution in [0.5, 0.6) is 0 Å². The molecule has 1 unspecified atom stereocenters. The molecule has 1 aliphatic rings. The number of amides is 1. The molecule has 18 heavy (non-hydrogen) atoms. The lowest BCUT2D eigenvalue weighted by Crippen LogP contribution is -2.36. The average molecular weight is 247 g/mol. The van der Waals surface area contributed by atoms with Crippen molar-refractivity contribution in [2.75, 3.05) is 25.9 Å². The quantitative estimate of drug-likeness (QED) is 0.781. The number of likely N-dealkylation sites (N-methyl/N-ethyl adjacent to an activating group) is 1. The average Bonchev–Trinajstić information content (AvgIpc) is 2.74. The van der Waals surface area contributed by atoms with Crippen LogP contribution in [0.4, 0.5) is 5.69 Å². The predicted octanol–water partition coefficient (Wildman–Crippen LogP) is 1.02. The molecule has 1 aliphatic heterocycles. The first-order valence-electron chi connectivity index (χ1n) is 6.46. The first kappa shape index (κ1) is 12.9. The summed E-state index contributed by atoms with van der Waals surface area (Å²) in [6, 6.07) is 8.03. The van der Waals surface area contributed by atoms with Crippen molar-refractivity contribution in [3.8, 4) is 0 Å². The van der Waals surface area contributed by atoms with Crippen LogP contribution in [0.3, 0.4) is 0 Å². The van der Waals surface area contributed by atoms with Gasteiger partial charge in [-0.05, 0) is 44.1 Å². The number of hydrogen-bond acceptors (Lipinski definition) is 3. The number of anilines is 1. The van der Waals surface area contributed by atoms with Crippen LogP contribution in [0.25, 0.3) is 0 Å². The van der Waals surface area contributed by atoms with E-state index in [1.807, 2.05) is 24.3 Å². The third-order valence-electron chi connectivity index (χ3n) is 3.38. The highest BCUT2D eigenvalue weighted by molar-refractivity contribution is 5.76. The molecule has 0 saturated carbocycles. The predicted molar refractivity (Wildman–Crippen MR) is 73.2 cm³/mol. The summed E-state index contributed by atoms with van der Waals surface area (Å²) in [4.78, 5) is 14.0. The van der Waals surface area contributed by atoms with Crippen molar-refractivity contribution in [2.45, 2.75) is 25.3 Å². The van der Waals surface area contributed by atoms with Crippen molar-refractivity contribution in [3.63, 3.8) is 0 Å². The maximum Gasteiger partial charge on any atom is 0.220 e. The topological polar surface area (TPSA) is 58.4 Å². The van der Waals surface area contributed by atoms with Gasteiger partial charge in [-0.25, -0.2) is 0 Å². The van der Waals surface area contributed by atoms with Gasteiger partial charge in [0.05, 0.1) is 0 Å². The first-order chi connectivity index (χ1) is 8.63. The lowest BCUT2D eigenvalue weighted by molar-refractivity contribution is -0.121. The molecular formula is C14H21N3O. The number of carbonyl (C=O) groups is 1. The minimum atomic E-state index is 0.145. The zero-order valence-electron chi connectivity index (χ0n) is 10.9. The molecule has 0 aliphatic carbocycles. The van der Waals surface area contributed by atoms with Crippen LogP contribution in [-0.4, -0.2) is 37.0 Å². The summed E-state index contributed by atoms with van der Waals surface area (Å²) in [6.45, 7) is 2.04. The van der Waals surface area contributed by atoms with Crippen LogP contribution in [0.2, 0.25) is 0 Å². The van der Waals surface area contributed by atoms with E-state index in [1.54, 1.807) is 0 Å². The van der Waals surface area contributed by atoms with Gasteiger partial charge in [-0.3, -0.25) is 4.79 Å². The van der Waals surface area contributed by atoms with Gasteiger partial charge in [0.25, 0.3) is 0 Å². The monoisotopic (exact) mass is 247 g/mol. The Kier molecular flexibility index (Phi) is 4.20. The zero-order valence-corrected chi connectivity index (χ0v) is 10.9. The fraction of sp³-hybridized carbons (Fsp3) is 0.500. The van der Waals surface area contributed by atoms with E-state index < -0.39 is 0 Å². The van der Waals surface area contributed by atoms with Crippen molar-refractivity contribution in [3.05, 3.63) is 29.8 Å². The molecule has 1 aromatic carbocycles. The van der Waals surface area contributed by atoms with Gasteiger partial charge in [-0.2, -0.15) is 0 Å². The Bertz CT molecular complexity index is 402. The Morgan fingerprint density at radius 1 is 1.44 bits per heavy atom. The summed E-state index contributed by atoms with van der Waals surface area (Å²) in [5.41, 5.74) is 7.54. The van der Waals surface area contributed by atoms with Gasteiger partial charge < -0.3 is 16.0 Å². The highest BCUT2D eigenvalue weighted by Crippen LogP contribution is 2.09. The second-order valence-electron chi connectivity index (χ2n) is 5.06. The molecule has 2 rings (SSSR count). The van der Waals surface area contributed by atoms with Crippen LogP contribution < -0.4 is 11.1 Å². The normalized spacial score (nSPS) is 19.9.